The van der Waals surface area contributed by atoms with Crippen molar-refractivity contribution in [3.63, 3.8) is 0 Å². The fraction of sp³-hybridized carbons (Fsp3) is 0.533. The second kappa shape index (κ2) is 6.72. The van der Waals surface area contributed by atoms with Crippen LogP contribution in [0.5, 0.6) is 0 Å². The van der Waals surface area contributed by atoms with E-state index in [1.165, 1.54) is 6.42 Å². The van der Waals surface area contributed by atoms with Crippen LogP contribution in [0.1, 0.15) is 6.42 Å². The van der Waals surface area contributed by atoms with Crippen molar-refractivity contribution in [2.24, 2.45) is 5.92 Å². The zero-order valence-electron chi connectivity index (χ0n) is 12.3. The monoisotopic (exact) mass is 276 g/mol. The molecule has 2 rings (SSSR count). The number of amides is 1. The highest BCUT2D eigenvalue weighted by Crippen LogP contribution is 2.15. The van der Waals surface area contributed by atoms with E-state index in [0.717, 1.165) is 25.3 Å². The van der Waals surface area contributed by atoms with Gasteiger partial charge in [-0.15, -0.1) is 0 Å². The molecule has 1 aliphatic rings. The van der Waals surface area contributed by atoms with E-state index in [2.05, 4.69) is 22.2 Å². The van der Waals surface area contributed by atoms with Crippen LogP contribution in [0, 0.1) is 5.92 Å². The molecule has 1 amide bonds. The van der Waals surface area contributed by atoms with Crippen molar-refractivity contribution >= 4 is 17.3 Å². The molecule has 1 heterocycles. The molecule has 1 aromatic rings. The van der Waals surface area contributed by atoms with Gasteiger partial charge in [-0.1, -0.05) is 6.07 Å². The minimum absolute atomic E-state index is 0.00412. The van der Waals surface area contributed by atoms with Gasteiger partial charge in [0.05, 0.1) is 6.54 Å². The van der Waals surface area contributed by atoms with Crippen molar-refractivity contribution in [1.29, 1.82) is 0 Å². The quantitative estimate of drug-likeness (QED) is 0.790. The first-order valence-electron chi connectivity index (χ1n) is 7.05. The second-order valence-corrected chi connectivity index (χ2v) is 5.79. The molecule has 1 saturated heterocycles. The first-order chi connectivity index (χ1) is 9.52. The highest BCUT2D eigenvalue weighted by atomic mass is 16.2. The van der Waals surface area contributed by atoms with Crippen molar-refractivity contribution in [1.82, 2.24) is 9.80 Å². The molecule has 1 unspecified atom stereocenters. The van der Waals surface area contributed by atoms with E-state index in [1.807, 2.05) is 19.2 Å². The van der Waals surface area contributed by atoms with Gasteiger partial charge in [-0.2, -0.15) is 0 Å². The Morgan fingerprint density at radius 3 is 3.00 bits per heavy atom. The van der Waals surface area contributed by atoms with E-state index < -0.39 is 0 Å². The van der Waals surface area contributed by atoms with Gasteiger partial charge in [0.15, 0.2) is 0 Å². The topological polar surface area (TPSA) is 61.6 Å². The molecule has 0 aromatic heterocycles. The Morgan fingerprint density at radius 1 is 1.55 bits per heavy atom. The average molecular weight is 276 g/mol. The number of likely N-dealkylation sites (tertiary alicyclic amines) is 1. The van der Waals surface area contributed by atoms with E-state index in [0.29, 0.717) is 18.2 Å². The normalized spacial score (nSPS) is 19.4. The van der Waals surface area contributed by atoms with Crippen molar-refractivity contribution in [2.45, 2.75) is 6.42 Å². The number of anilines is 2. The lowest BCUT2D eigenvalue weighted by molar-refractivity contribution is -0.117. The van der Waals surface area contributed by atoms with Crippen LogP contribution in [-0.4, -0.2) is 56.0 Å². The Labute approximate surface area is 120 Å². The van der Waals surface area contributed by atoms with E-state index in [1.54, 1.807) is 12.1 Å². The molecule has 0 radical (unpaired) electrons. The molecule has 110 valence electrons. The maximum Gasteiger partial charge on any atom is 0.238 e. The minimum Gasteiger partial charge on any atom is -0.399 e. The number of hydrogen-bond acceptors (Lipinski definition) is 4. The summed E-state index contributed by atoms with van der Waals surface area (Å²) in [7, 11) is 4.14. The molecular weight excluding hydrogens is 252 g/mol. The summed E-state index contributed by atoms with van der Waals surface area (Å²) in [5.74, 6) is 0.676. The Morgan fingerprint density at radius 2 is 2.35 bits per heavy atom. The molecule has 20 heavy (non-hydrogen) atoms. The number of carbonyl (C=O) groups is 1. The van der Waals surface area contributed by atoms with Crippen molar-refractivity contribution in [3.05, 3.63) is 24.3 Å². The van der Waals surface area contributed by atoms with E-state index in [4.69, 9.17) is 5.73 Å². The standard InChI is InChI=1S/C15H24N4O/c1-18-7-6-12(9-18)10-19(2)11-15(20)17-14-5-3-4-13(16)8-14/h3-5,8,12H,6-7,9-11,16H2,1-2H3,(H,17,20). The number of benzene rings is 1. The highest BCUT2D eigenvalue weighted by molar-refractivity contribution is 5.92. The van der Waals surface area contributed by atoms with E-state index in [9.17, 15) is 4.79 Å². The number of nitrogens with zero attached hydrogens (tertiary/aromatic N) is 2. The van der Waals surface area contributed by atoms with Crippen LogP contribution >= 0.6 is 0 Å². The van der Waals surface area contributed by atoms with Crippen LogP contribution < -0.4 is 11.1 Å². The van der Waals surface area contributed by atoms with Gasteiger partial charge in [0.25, 0.3) is 0 Å². The van der Waals surface area contributed by atoms with Crippen molar-refractivity contribution < 1.29 is 4.79 Å². The van der Waals surface area contributed by atoms with Gasteiger partial charge < -0.3 is 16.0 Å². The molecule has 1 aromatic carbocycles. The predicted molar refractivity (Wildman–Crippen MR) is 82.6 cm³/mol. The maximum atomic E-state index is 12.0. The molecule has 1 atom stereocenters. The third-order valence-electron chi connectivity index (χ3n) is 3.64. The summed E-state index contributed by atoms with van der Waals surface area (Å²) in [5, 5.41) is 2.88. The number of carbonyl (C=O) groups excluding carboxylic acids is 1. The van der Waals surface area contributed by atoms with Gasteiger partial charge in [0.1, 0.15) is 0 Å². The smallest absolute Gasteiger partial charge is 0.238 e. The maximum absolute atomic E-state index is 12.0. The second-order valence-electron chi connectivity index (χ2n) is 5.79. The first kappa shape index (κ1) is 14.8. The molecule has 3 N–H and O–H groups in total. The molecule has 0 spiro atoms. The Balaban J connectivity index is 1.76. The molecular formula is C15H24N4O. The van der Waals surface area contributed by atoms with Crippen LogP contribution in [0.15, 0.2) is 24.3 Å². The lowest BCUT2D eigenvalue weighted by Crippen LogP contribution is -2.34. The van der Waals surface area contributed by atoms with Crippen LogP contribution in [0.2, 0.25) is 0 Å². The van der Waals surface area contributed by atoms with Gasteiger partial charge in [-0.05, 0) is 51.2 Å². The number of hydrogen-bond donors (Lipinski definition) is 2. The molecule has 1 aliphatic heterocycles. The fourth-order valence-corrected chi connectivity index (χ4v) is 2.74. The largest absolute Gasteiger partial charge is 0.399 e. The minimum atomic E-state index is 0.00412. The lowest BCUT2D eigenvalue weighted by Gasteiger charge is -2.20. The zero-order valence-corrected chi connectivity index (χ0v) is 12.3. The molecule has 5 nitrogen and oxygen atoms in total. The Hall–Kier alpha value is -1.59. The van der Waals surface area contributed by atoms with Gasteiger partial charge in [-0.3, -0.25) is 9.69 Å². The Bertz CT molecular complexity index is 463. The Kier molecular flexibility index (Phi) is 4.98. The van der Waals surface area contributed by atoms with E-state index >= 15 is 0 Å². The lowest BCUT2D eigenvalue weighted by atomic mass is 10.1. The third-order valence-corrected chi connectivity index (χ3v) is 3.64. The number of likely N-dealkylation sites (N-methyl/N-ethyl adjacent to an activating group) is 1. The average Bonchev–Trinajstić information content (AvgIpc) is 2.74. The molecule has 1 fully saturated rings. The summed E-state index contributed by atoms with van der Waals surface area (Å²) in [6.45, 7) is 3.67. The van der Waals surface area contributed by atoms with Crippen LogP contribution in [0.3, 0.4) is 0 Å². The highest BCUT2D eigenvalue weighted by Gasteiger charge is 2.21. The summed E-state index contributed by atoms with van der Waals surface area (Å²) in [6.07, 6.45) is 1.22. The van der Waals surface area contributed by atoms with Crippen LogP contribution in [-0.2, 0) is 4.79 Å². The molecule has 0 saturated carbocycles. The number of nitrogens with one attached hydrogen (secondary N) is 1. The predicted octanol–water partition coefficient (Wildman–Crippen LogP) is 1.09. The summed E-state index contributed by atoms with van der Waals surface area (Å²) in [4.78, 5) is 16.4. The number of nitrogen functional groups attached to an aromatic ring is 1. The summed E-state index contributed by atoms with van der Waals surface area (Å²) in [5.41, 5.74) is 7.10. The van der Waals surface area contributed by atoms with E-state index in [-0.39, 0.29) is 5.91 Å². The number of nitrogens with two attached hydrogens (primary N) is 1. The SMILES string of the molecule is CN1CCC(CN(C)CC(=O)Nc2cccc(N)c2)C1. The van der Waals surface area contributed by atoms with Gasteiger partial charge in [-0.25, -0.2) is 0 Å². The summed E-state index contributed by atoms with van der Waals surface area (Å²) >= 11 is 0. The molecule has 5 heteroatoms. The van der Waals surface area contributed by atoms with Crippen molar-refractivity contribution in [2.75, 3.05) is 51.3 Å². The van der Waals surface area contributed by atoms with Gasteiger partial charge in [0, 0.05) is 24.5 Å². The van der Waals surface area contributed by atoms with Gasteiger partial charge >= 0.3 is 0 Å². The number of rotatable bonds is 5. The molecule has 0 bridgehead atoms. The van der Waals surface area contributed by atoms with Gasteiger partial charge in [0.2, 0.25) is 5.91 Å². The summed E-state index contributed by atoms with van der Waals surface area (Å²) in [6, 6.07) is 7.26. The fourth-order valence-electron chi connectivity index (χ4n) is 2.74. The molecule has 0 aliphatic carbocycles. The van der Waals surface area contributed by atoms with Crippen molar-refractivity contribution in [3.8, 4) is 0 Å². The first-order valence-corrected chi connectivity index (χ1v) is 7.05. The third kappa shape index (κ3) is 4.51. The van der Waals surface area contributed by atoms with Crippen LogP contribution in [0.25, 0.3) is 0 Å². The van der Waals surface area contributed by atoms with Crippen LogP contribution in [0.4, 0.5) is 11.4 Å². The summed E-state index contributed by atoms with van der Waals surface area (Å²) < 4.78 is 0. The zero-order chi connectivity index (χ0) is 14.5.